The topological polar surface area (TPSA) is 47.6 Å². The zero-order chi connectivity index (χ0) is 15.0. The Morgan fingerprint density at radius 3 is 2.55 bits per heavy atom. The quantitative estimate of drug-likeness (QED) is 0.473. The lowest BCUT2D eigenvalue weighted by molar-refractivity contribution is -0.162. The molecule has 20 heavy (non-hydrogen) atoms. The second-order valence-electron chi connectivity index (χ2n) is 5.50. The molecule has 1 atom stereocenters. The van der Waals surface area contributed by atoms with Crippen LogP contribution in [0.2, 0.25) is 0 Å². The molecular weight excluding hydrogens is 254 g/mol. The van der Waals surface area contributed by atoms with E-state index < -0.39 is 11.6 Å². The van der Waals surface area contributed by atoms with Gasteiger partial charge in [-0.25, -0.2) is 0 Å². The van der Waals surface area contributed by atoms with Crippen molar-refractivity contribution in [3.05, 3.63) is 48.6 Å². The first-order chi connectivity index (χ1) is 9.42. The number of hydrogen-bond acceptors (Lipinski definition) is 4. The summed E-state index contributed by atoms with van der Waals surface area (Å²) in [5.74, 6) is -0.342. The SMILES string of the molecule is C=CC[C@H](NOCc1ccccc1)C(=O)OC(C)(C)C. The Labute approximate surface area is 120 Å². The molecule has 0 aliphatic rings. The Morgan fingerprint density at radius 2 is 2.00 bits per heavy atom. The van der Waals surface area contributed by atoms with Crippen LogP contribution < -0.4 is 5.48 Å². The number of rotatable bonds is 7. The Bertz CT molecular complexity index is 423. The first-order valence-corrected chi connectivity index (χ1v) is 6.67. The molecule has 0 saturated carbocycles. The van der Waals surface area contributed by atoms with E-state index >= 15 is 0 Å². The van der Waals surface area contributed by atoms with Crippen LogP contribution in [0.25, 0.3) is 0 Å². The highest BCUT2D eigenvalue weighted by Crippen LogP contribution is 2.10. The summed E-state index contributed by atoms with van der Waals surface area (Å²) < 4.78 is 5.33. The van der Waals surface area contributed by atoms with Gasteiger partial charge >= 0.3 is 5.97 Å². The average Bonchev–Trinajstić information content (AvgIpc) is 2.37. The Kier molecular flexibility index (Phi) is 6.42. The molecule has 0 spiro atoms. The number of carbonyl (C=O) groups excluding carboxylic acids is 1. The Balaban J connectivity index is 2.46. The van der Waals surface area contributed by atoms with Gasteiger partial charge < -0.3 is 4.74 Å². The molecule has 0 bridgehead atoms. The molecule has 0 aliphatic heterocycles. The van der Waals surface area contributed by atoms with Crippen molar-refractivity contribution < 1.29 is 14.4 Å². The van der Waals surface area contributed by atoms with Gasteiger partial charge in [0, 0.05) is 0 Å². The van der Waals surface area contributed by atoms with Crippen molar-refractivity contribution in [2.45, 2.75) is 45.4 Å². The maximum Gasteiger partial charge on any atom is 0.326 e. The van der Waals surface area contributed by atoms with E-state index in [4.69, 9.17) is 9.57 Å². The molecule has 0 aliphatic carbocycles. The van der Waals surface area contributed by atoms with Gasteiger partial charge in [0.25, 0.3) is 0 Å². The molecule has 0 fully saturated rings. The van der Waals surface area contributed by atoms with E-state index in [9.17, 15) is 4.79 Å². The van der Waals surface area contributed by atoms with Crippen molar-refractivity contribution >= 4 is 5.97 Å². The van der Waals surface area contributed by atoms with E-state index in [1.807, 2.05) is 51.1 Å². The van der Waals surface area contributed by atoms with Gasteiger partial charge in [-0.05, 0) is 32.8 Å². The molecule has 110 valence electrons. The lowest BCUT2D eigenvalue weighted by Crippen LogP contribution is -2.40. The van der Waals surface area contributed by atoms with Crippen LogP contribution in [0.1, 0.15) is 32.8 Å². The van der Waals surface area contributed by atoms with Gasteiger partial charge in [-0.2, -0.15) is 5.48 Å². The summed E-state index contributed by atoms with van der Waals surface area (Å²) in [4.78, 5) is 17.4. The van der Waals surface area contributed by atoms with Crippen LogP contribution in [-0.2, 0) is 21.0 Å². The molecule has 1 aromatic carbocycles. The van der Waals surface area contributed by atoms with Crippen LogP contribution in [0.15, 0.2) is 43.0 Å². The van der Waals surface area contributed by atoms with E-state index in [2.05, 4.69) is 12.1 Å². The fourth-order valence-electron chi connectivity index (χ4n) is 1.53. The third-order valence-corrected chi connectivity index (χ3v) is 2.40. The highest BCUT2D eigenvalue weighted by atomic mass is 16.7. The lowest BCUT2D eigenvalue weighted by atomic mass is 10.1. The van der Waals surface area contributed by atoms with Gasteiger partial charge in [-0.3, -0.25) is 9.63 Å². The third-order valence-electron chi connectivity index (χ3n) is 2.40. The predicted octanol–water partition coefficient (Wildman–Crippen LogP) is 2.99. The number of nitrogens with one attached hydrogen (secondary N) is 1. The minimum absolute atomic E-state index is 0.342. The number of carbonyl (C=O) groups is 1. The van der Waals surface area contributed by atoms with Crippen LogP contribution in [0.4, 0.5) is 0 Å². The van der Waals surface area contributed by atoms with Crippen molar-refractivity contribution in [2.24, 2.45) is 0 Å². The Hall–Kier alpha value is -1.65. The van der Waals surface area contributed by atoms with Crippen molar-refractivity contribution in [2.75, 3.05) is 0 Å². The zero-order valence-corrected chi connectivity index (χ0v) is 12.4. The van der Waals surface area contributed by atoms with Crippen molar-refractivity contribution in [1.29, 1.82) is 0 Å². The van der Waals surface area contributed by atoms with Crippen LogP contribution in [0.3, 0.4) is 0 Å². The molecule has 0 saturated heterocycles. The summed E-state index contributed by atoms with van der Waals surface area (Å²) in [6.07, 6.45) is 2.11. The highest BCUT2D eigenvalue weighted by molar-refractivity contribution is 5.76. The van der Waals surface area contributed by atoms with E-state index in [1.54, 1.807) is 6.08 Å². The van der Waals surface area contributed by atoms with Gasteiger partial charge in [0.1, 0.15) is 11.6 Å². The molecule has 1 rings (SSSR count). The molecule has 0 radical (unpaired) electrons. The highest BCUT2D eigenvalue weighted by Gasteiger charge is 2.24. The summed E-state index contributed by atoms with van der Waals surface area (Å²) in [5.41, 5.74) is 3.26. The maximum absolute atomic E-state index is 12.0. The minimum Gasteiger partial charge on any atom is -0.459 e. The van der Waals surface area contributed by atoms with Gasteiger partial charge in [0.15, 0.2) is 0 Å². The van der Waals surface area contributed by atoms with Crippen LogP contribution in [-0.4, -0.2) is 17.6 Å². The number of hydroxylamine groups is 1. The van der Waals surface area contributed by atoms with Crippen molar-refractivity contribution in [1.82, 2.24) is 5.48 Å². The third kappa shape index (κ3) is 6.50. The van der Waals surface area contributed by atoms with Crippen LogP contribution in [0.5, 0.6) is 0 Å². The number of hydrogen-bond donors (Lipinski definition) is 1. The first-order valence-electron chi connectivity index (χ1n) is 6.67. The first kappa shape index (κ1) is 16.4. The summed E-state index contributed by atoms with van der Waals surface area (Å²) in [5, 5.41) is 0. The molecule has 4 heteroatoms. The molecule has 0 amide bonds. The smallest absolute Gasteiger partial charge is 0.326 e. The monoisotopic (exact) mass is 277 g/mol. The minimum atomic E-state index is -0.546. The molecular formula is C16H23NO3. The fraction of sp³-hybridized carbons (Fsp3) is 0.438. The predicted molar refractivity (Wildman–Crippen MR) is 78.8 cm³/mol. The van der Waals surface area contributed by atoms with Crippen molar-refractivity contribution in [3.8, 4) is 0 Å². The normalized spacial score (nSPS) is 12.8. The van der Waals surface area contributed by atoms with Gasteiger partial charge in [0.05, 0.1) is 6.61 Å². The molecule has 0 aromatic heterocycles. The largest absolute Gasteiger partial charge is 0.459 e. The molecule has 0 unspecified atom stereocenters. The molecule has 1 N–H and O–H groups in total. The summed E-state index contributed by atoms with van der Waals surface area (Å²) in [7, 11) is 0. The lowest BCUT2D eigenvalue weighted by Gasteiger charge is -2.23. The molecule has 1 aromatic rings. The van der Waals surface area contributed by atoms with E-state index in [0.717, 1.165) is 5.56 Å². The van der Waals surface area contributed by atoms with Crippen molar-refractivity contribution in [3.63, 3.8) is 0 Å². The standard InChI is InChI=1S/C16H23NO3/c1-5-9-14(15(18)20-16(2,3)4)17-19-12-13-10-7-6-8-11-13/h5-8,10-11,14,17H,1,9,12H2,2-4H3/t14-/m0/s1. The van der Waals surface area contributed by atoms with Gasteiger partial charge in [-0.15, -0.1) is 6.58 Å². The maximum atomic E-state index is 12.0. The van der Waals surface area contributed by atoms with Gasteiger partial charge in [-0.1, -0.05) is 36.4 Å². The van der Waals surface area contributed by atoms with E-state index in [1.165, 1.54) is 0 Å². The fourth-order valence-corrected chi connectivity index (χ4v) is 1.53. The van der Waals surface area contributed by atoms with Gasteiger partial charge in [0.2, 0.25) is 0 Å². The Morgan fingerprint density at radius 1 is 1.35 bits per heavy atom. The number of ether oxygens (including phenoxy) is 1. The number of esters is 1. The van der Waals surface area contributed by atoms with E-state index in [-0.39, 0.29) is 5.97 Å². The van der Waals surface area contributed by atoms with Crippen LogP contribution >= 0.6 is 0 Å². The summed E-state index contributed by atoms with van der Waals surface area (Å²) >= 11 is 0. The second-order valence-corrected chi connectivity index (χ2v) is 5.50. The second kappa shape index (κ2) is 7.82. The summed E-state index contributed by atoms with van der Waals surface area (Å²) in [6, 6.07) is 9.19. The van der Waals surface area contributed by atoms with Crippen LogP contribution in [0, 0.1) is 0 Å². The van der Waals surface area contributed by atoms with E-state index in [0.29, 0.717) is 13.0 Å². The number of benzene rings is 1. The zero-order valence-electron chi connectivity index (χ0n) is 12.4. The molecule has 0 heterocycles. The average molecular weight is 277 g/mol. The molecule has 4 nitrogen and oxygen atoms in total. The summed E-state index contributed by atoms with van der Waals surface area (Å²) in [6.45, 7) is 9.53.